The van der Waals surface area contributed by atoms with Gasteiger partial charge in [-0.25, -0.2) is 0 Å². The van der Waals surface area contributed by atoms with Crippen molar-refractivity contribution in [3.8, 4) is 0 Å². The number of ether oxygens (including phenoxy) is 1. The first-order valence-corrected chi connectivity index (χ1v) is 3.63. The molecule has 0 aromatic heterocycles. The second kappa shape index (κ2) is 3.56. The minimum Gasteiger partial charge on any atom is -0.460 e. The van der Waals surface area contributed by atoms with E-state index in [0.717, 1.165) is 19.3 Å². The monoisotopic (exact) mass is 144 g/mol. The molecule has 1 aliphatic rings. The van der Waals surface area contributed by atoms with Gasteiger partial charge >= 0.3 is 5.97 Å². The molecule has 1 saturated heterocycles. The van der Waals surface area contributed by atoms with Gasteiger partial charge in [-0.2, -0.15) is 0 Å². The Kier molecular flexibility index (Phi) is 2.68. The Labute approximate surface area is 60.0 Å². The zero-order valence-electron chi connectivity index (χ0n) is 5.88. The molecule has 1 N–H and O–H groups in total. The van der Waals surface area contributed by atoms with Crippen LogP contribution in [0.1, 0.15) is 25.7 Å². The van der Waals surface area contributed by atoms with Crippen LogP contribution in [0.2, 0.25) is 0 Å². The highest BCUT2D eigenvalue weighted by Crippen LogP contribution is 2.13. The molecule has 1 rings (SSSR count). The van der Waals surface area contributed by atoms with Gasteiger partial charge in [0.15, 0.2) is 0 Å². The van der Waals surface area contributed by atoms with Crippen LogP contribution in [-0.2, 0) is 9.53 Å². The molecule has 1 aliphatic heterocycles. The van der Waals surface area contributed by atoms with Crippen molar-refractivity contribution in [2.45, 2.75) is 31.8 Å². The van der Waals surface area contributed by atoms with Crippen LogP contribution in [0.3, 0.4) is 0 Å². The summed E-state index contributed by atoms with van der Waals surface area (Å²) in [5.74, 6) is -0.170. The van der Waals surface area contributed by atoms with Crippen molar-refractivity contribution >= 4 is 5.97 Å². The van der Waals surface area contributed by atoms with Gasteiger partial charge in [0.05, 0.1) is 6.61 Å². The fourth-order valence-electron chi connectivity index (χ4n) is 1.07. The molecule has 0 aliphatic carbocycles. The highest BCUT2D eigenvalue weighted by Gasteiger charge is 2.16. The second-order valence-corrected chi connectivity index (χ2v) is 2.54. The summed E-state index contributed by atoms with van der Waals surface area (Å²) >= 11 is 0. The highest BCUT2D eigenvalue weighted by molar-refractivity contribution is 5.69. The maximum absolute atomic E-state index is 10.7. The molecule has 1 fully saturated rings. The molecule has 58 valence electrons. The molecular weight excluding hydrogens is 132 g/mol. The smallest absolute Gasteiger partial charge is 0.306 e. The summed E-state index contributed by atoms with van der Waals surface area (Å²) in [5.41, 5.74) is 0. The van der Waals surface area contributed by atoms with Crippen molar-refractivity contribution in [1.82, 2.24) is 0 Å². The van der Waals surface area contributed by atoms with Gasteiger partial charge in [-0.05, 0) is 19.3 Å². The van der Waals surface area contributed by atoms with Crippen molar-refractivity contribution < 1.29 is 14.6 Å². The molecule has 0 bridgehead atoms. The van der Waals surface area contributed by atoms with Crippen LogP contribution in [0.4, 0.5) is 0 Å². The van der Waals surface area contributed by atoms with Gasteiger partial charge in [0, 0.05) is 6.42 Å². The van der Waals surface area contributed by atoms with Crippen LogP contribution >= 0.6 is 0 Å². The Hall–Kier alpha value is -0.570. The standard InChI is InChI=1S/C7H12O3/c8-5-6-3-1-2-4-7(9)10-6/h6,8H,1-5H2/t6-/m0/s1. The first-order valence-electron chi connectivity index (χ1n) is 3.63. The second-order valence-electron chi connectivity index (χ2n) is 2.54. The van der Waals surface area contributed by atoms with Gasteiger partial charge in [0.1, 0.15) is 6.10 Å². The maximum atomic E-state index is 10.7. The van der Waals surface area contributed by atoms with Crippen molar-refractivity contribution in [3.05, 3.63) is 0 Å². The van der Waals surface area contributed by atoms with E-state index in [4.69, 9.17) is 9.84 Å². The number of aliphatic hydroxyl groups excluding tert-OH is 1. The van der Waals surface area contributed by atoms with E-state index in [-0.39, 0.29) is 18.7 Å². The normalized spacial score (nSPS) is 27.3. The maximum Gasteiger partial charge on any atom is 0.306 e. The zero-order valence-corrected chi connectivity index (χ0v) is 5.88. The molecule has 10 heavy (non-hydrogen) atoms. The van der Waals surface area contributed by atoms with Crippen LogP contribution in [0, 0.1) is 0 Å². The fourth-order valence-corrected chi connectivity index (χ4v) is 1.07. The predicted molar refractivity (Wildman–Crippen MR) is 35.4 cm³/mol. The number of aliphatic hydroxyl groups is 1. The summed E-state index contributed by atoms with van der Waals surface area (Å²) in [5, 5.41) is 8.66. The first kappa shape index (κ1) is 7.54. The molecular formula is C7H12O3. The van der Waals surface area contributed by atoms with Gasteiger partial charge in [-0.1, -0.05) is 0 Å². The molecule has 0 saturated carbocycles. The number of esters is 1. The number of carbonyl (C=O) groups excluding carboxylic acids is 1. The topological polar surface area (TPSA) is 46.5 Å². The van der Waals surface area contributed by atoms with E-state index in [9.17, 15) is 4.79 Å². The van der Waals surface area contributed by atoms with E-state index >= 15 is 0 Å². The lowest BCUT2D eigenvalue weighted by Gasteiger charge is -2.10. The molecule has 0 radical (unpaired) electrons. The van der Waals surface area contributed by atoms with E-state index in [1.807, 2.05) is 0 Å². The predicted octanol–water partition coefficient (Wildman–Crippen LogP) is 0.464. The third-order valence-corrected chi connectivity index (χ3v) is 1.66. The van der Waals surface area contributed by atoms with Crippen molar-refractivity contribution in [3.63, 3.8) is 0 Å². The van der Waals surface area contributed by atoms with E-state index in [1.54, 1.807) is 0 Å². The van der Waals surface area contributed by atoms with Crippen LogP contribution in [0.15, 0.2) is 0 Å². The van der Waals surface area contributed by atoms with E-state index in [0.29, 0.717) is 6.42 Å². The Bertz CT molecular complexity index is 122. The van der Waals surface area contributed by atoms with Crippen LogP contribution < -0.4 is 0 Å². The molecule has 1 atom stereocenters. The summed E-state index contributed by atoms with van der Waals surface area (Å²) in [4.78, 5) is 10.7. The Morgan fingerprint density at radius 1 is 1.60 bits per heavy atom. The fraction of sp³-hybridized carbons (Fsp3) is 0.857. The third kappa shape index (κ3) is 1.99. The Balaban J connectivity index is 2.38. The number of hydrogen-bond acceptors (Lipinski definition) is 3. The van der Waals surface area contributed by atoms with Crippen LogP contribution in [0.25, 0.3) is 0 Å². The zero-order chi connectivity index (χ0) is 7.40. The Morgan fingerprint density at radius 2 is 2.40 bits per heavy atom. The number of cyclic esters (lactones) is 1. The van der Waals surface area contributed by atoms with Gasteiger partial charge in [-0.15, -0.1) is 0 Å². The molecule has 0 aromatic carbocycles. The van der Waals surface area contributed by atoms with Crippen molar-refractivity contribution in [2.24, 2.45) is 0 Å². The summed E-state index contributed by atoms with van der Waals surface area (Å²) in [6, 6.07) is 0. The average Bonchev–Trinajstić information content (AvgIpc) is 2.13. The van der Waals surface area contributed by atoms with Crippen molar-refractivity contribution in [2.75, 3.05) is 6.61 Å². The third-order valence-electron chi connectivity index (χ3n) is 1.66. The van der Waals surface area contributed by atoms with E-state index in [2.05, 4.69) is 0 Å². The molecule has 0 unspecified atom stereocenters. The number of hydrogen-bond donors (Lipinski definition) is 1. The Morgan fingerprint density at radius 3 is 3.10 bits per heavy atom. The molecule has 3 nitrogen and oxygen atoms in total. The van der Waals surface area contributed by atoms with E-state index in [1.165, 1.54) is 0 Å². The number of rotatable bonds is 1. The SMILES string of the molecule is O=C1CCCC[C@@H](CO)O1. The number of carbonyl (C=O) groups is 1. The minimum absolute atomic E-state index is 0.0360. The quantitative estimate of drug-likeness (QED) is 0.544. The van der Waals surface area contributed by atoms with Gasteiger partial charge in [0.2, 0.25) is 0 Å². The summed E-state index contributed by atoms with van der Waals surface area (Å²) in [6.45, 7) is -0.0360. The molecule has 0 aromatic rings. The molecule has 1 heterocycles. The van der Waals surface area contributed by atoms with Gasteiger partial charge in [0.25, 0.3) is 0 Å². The molecule has 3 heteroatoms. The van der Waals surface area contributed by atoms with Crippen molar-refractivity contribution in [1.29, 1.82) is 0 Å². The lowest BCUT2D eigenvalue weighted by atomic mass is 10.1. The highest BCUT2D eigenvalue weighted by atomic mass is 16.6. The van der Waals surface area contributed by atoms with E-state index < -0.39 is 0 Å². The lowest BCUT2D eigenvalue weighted by molar-refractivity contribution is -0.149. The first-order chi connectivity index (χ1) is 4.83. The summed E-state index contributed by atoms with van der Waals surface area (Å²) < 4.78 is 4.87. The lowest BCUT2D eigenvalue weighted by Crippen LogP contribution is -2.18. The largest absolute Gasteiger partial charge is 0.460 e. The van der Waals surface area contributed by atoms with Gasteiger partial charge in [-0.3, -0.25) is 4.79 Å². The molecule has 0 amide bonds. The summed E-state index contributed by atoms with van der Waals surface area (Å²) in [7, 11) is 0. The minimum atomic E-state index is -0.241. The van der Waals surface area contributed by atoms with Crippen LogP contribution in [-0.4, -0.2) is 23.8 Å². The van der Waals surface area contributed by atoms with Gasteiger partial charge < -0.3 is 9.84 Å². The van der Waals surface area contributed by atoms with Crippen LogP contribution in [0.5, 0.6) is 0 Å². The average molecular weight is 144 g/mol. The summed E-state index contributed by atoms with van der Waals surface area (Å²) in [6.07, 6.45) is 2.96. The molecule has 0 spiro atoms.